The van der Waals surface area contributed by atoms with Gasteiger partial charge in [0.2, 0.25) is 0 Å². The number of hydrogen-bond acceptors (Lipinski definition) is 7. The largest absolute Gasteiger partial charge is 0.488 e. The van der Waals surface area contributed by atoms with E-state index in [2.05, 4.69) is 10.1 Å². The molecule has 0 saturated carbocycles. The van der Waals surface area contributed by atoms with E-state index in [1.165, 1.54) is 0 Å². The molecule has 8 heteroatoms. The summed E-state index contributed by atoms with van der Waals surface area (Å²) in [7, 11) is 3.42. The number of fused-ring (bicyclic) bond motifs is 1. The number of aliphatic hydroxyl groups is 1. The van der Waals surface area contributed by atoms with Crippen LogP contribution in [0.5, 0.6) is 11.6 Å². The first kappa shape index (κ1) is 18.2. The van der Waals surface area contributed by atoms with Crippen LogP contribution in [-0.4, -0.2) is 38.6 Å². The number of aryl methyl sites for hydroxylation is 2. The summed E-state index contributed by atoms with van der Waals surface area (Å²) in [5, 5.41) is 15.0. The maximum atomic E-state index is 10.8. The highest BCUT2D eigenvalue weighted by molar-refractivity contribution is 5.65. The lowest BCUT2D eigenvalue weighted by Crippen LogP contribution is -2.20. The van der Waals surface area contributed by atoms with Gasteiger partial charge in [0.15, 0.2) is 12.0 Å². The molecule has 0 amide bonds. The molecule has 0 fully saturated rings. The van der Waals surface area contributed by atoms with Crippen molar-refractivity contribution < 1.29 is 14.6 Å². The molecule has 146 valence electrons. The van der Waals surface area contributed by atoms with Gasteiger partial charge in [-0.3, -0.25) is 9.67 Å². The minimum absolute atomic E-state index is 0.446. The molecule has 8 nitrogen and oxygen atoms in total. The Balaban J connectivity index is 1.72. The van der Waals surface area contributed by atoms with Crippen molar-refractivity contribution in [2.45, 2.75) is 26.6 Å². The van der Waals surface area contributed by atoms with Crippen LogP contribution in [0.1, 0.15) is 30.0 Å². The van der Waals surface area contributed by atoms with E-state index in [-0.39, 0.29) is 0 Å². The Morgan fingerprint density at radius 2 is 2.11 bits per heavy atom. The molecule has 4 heterocycles. The van der Waals surface area contributed by atoms with Crippen molar-refractivity contribution in [3.63, 3.8) is 0 Å². The lowest BCUT2D eigenvalue weighted by Gasteiger charge is -2.20. The van der Waals surface area contributed by atoms with Crippen molar-refractivity contribution in [3.8, 4) is 22.9 Å². The Bertz CT molecular complexity index is 1020. The average molecular weight is 381 g/mol. The molecule has 1 unspecified atom stereocenters. The first-order chi connectivity index (χ1) is 13.5. The zero-order valence-corrected chi connectivity index (χ0v) is 16.4. The molecule has 3 aromatic heterocycles. The van der Waals surface area contributed by atoms with Gasteiger partial charge >= 0.3 is 0 Å². The first-order valence-corrected chi connectivity index (χ1v) is 9.12. The summed E-state index contributed by atoms with van der Waals surface area (Å²) in [5.41, 5.74) is 5.16. The maximum absolute atomic E-state index is 10.8. The second-order valence-corrected chi connectivity index (χ2v) is 6.72. The number of ether oxygens (including phenoxy) is 2. The van der Waals surface area contributed by atoms with Gasteiger partial charge in [-0.2, -0.15) is 5.10 Å². The van der Waals surface area contributed by atoms with Gasteiger partial charge in [0.1, 0.15) is 0 Å². The SMILES string of the molecule is CCOc1cc(-c2cc(C)c3c(n2)CN(c2cnn(C)c2)C3O)cnc1OC. The highest BCUT2D eigenvalue weighted by Gasteiger charge is 2.32. The number of aromatic nitrogens is 4. The molecule has 0 saturated heterocycles. The quantitative estimate of drug-likeness (QED) is 0.727. The molecule has 1 N–H and O–H groups in total. The zero-order valence-electron chi connectivity index (χ0n) is 16.4. The molecule has 0 bridgehead atoms. The molecule has 1 aliphatic heterocycles. The van der Waals surface area contributed by atoms with Crippen molar-refractivity contribution in [2.75, 3.05) is 18.6 Å². The van der Waals surface area contributed by atoms with Crippen molar-refractivity contribution in [1.82, 2.24) is 19.7 Å². The lowest BCUT2D eigenvalue weighted by atomic mass is 10.0. The highest BCUT2D eigenvalue weighted by atomic mass is 16.5. The Labute approximate surface area is 163 Å². The van der Waals surface area contributed by atoms with Crippen molar-refractivity contribution in [2.24, 2.45) is 7.05 Å². The second kappa shape index (κ2) is 7.12. The predicted octanol–water partition coefficient (Wildman–Crippen LogP) is 2.60. The van der Waals surface area contributed by atoms with Gasteiger partial charge in [-0.25, -0.2) is 4.98 Å². The van der Waals surface area contributed by atoms with Crippen LogP contribution in [0.2, 0.25) is 0 Å². The van der Waals surface area contributed by atoms with Crippen LogP contribution >= 0.6 is 0 Å². The molecule has 0 spiro atoms. The van der Waals surface area contributed by atoms with Crippen molar-refractivity contribution >= 4 is 5.69 Å². The molecular weight excluding hydrogens is 358 g/mol. The molecule has 28 heavy (non-hydrogen) atoms. The van der Waals surface area contributed by atoms with Crippen LogP contribution in [0, 0.1) is 6.92 Å². The van der Waals surface area contributed by atoms with Gasteiger partial charge in [-0.1, -0.05) is 0 Å². The Kier molecular flexibility index (Phi) is 4.64. The minimum atomic E-state index is -0.742. The van der Waals surface area contributed by atoms with Gasteiger partial charge in [0.25, 0.3) is 5.88 Å². The minimum Gasteiger partial charge on any atom is -0.488 e. The molecule has 1 aliphatic rings. The number of pyridine rings is 2. The third kappa shape index (κ3) is 3.05. The van der Waals surface area contributed by atoms with E-state index in [1.54, 1.807) is 24.2 Å². The van der Waals surface area contributed by atoms with E-state index in [9.17, 15) is 5.11 Å². The molecule has 0 radical (unpaired) electrons. The topological polar surface area (TPSA) is 85.5 Å². The van der Waals surface area contributed by atoms with Gasteiger partial charge in [0, 0.05) is 30.6 Å². The summed E-state index contributed by atoms with van der Waals surface area (Å²) >= 11 is 0. The summed E-state index contributed by atoms with van der Waals surface area (Å²) in [6, 6.07) is 3.85. The molecule has 1 atom stereocenters. The van der Waals surface area contributed by atoms with Crippen LogP contribution in [0.4, 0.5) is 5.69 Å². The number of hydrogen-bond donors (Lipinski definition) is 1. The van der Waals surface area contributed by atoms with Crippen LogP contribution in [0.15, 0.2) is 30.7 Å². The third-order valence-corrected chi connectivity index (χ3v) is 4.85. The number of rotatable bonds is 5. The molecule has 0 aromatic carbocycles. The summed E-state index contributed by atoms with van der Waals surface area (Å²) in [6.07, 6.45) is 4.61. The number of anilines is 1. The molecular formula is C20H23N5O3. The fourth-order valence-electron chi connectivity index (χ4n) is 3.55. The number of nitrogens with zero attached hydrogens (tertiary/aromatic N) is 5. The van der Waals surface area contributed by atoms with E-state index in [1.807, 2.05) is 44.1 Å². The third-order valence-electron chi connectivity index (χ3n) is 4.85. The van der Waals surface area contributed by atoms with E-state index >= 15 is 0 Å². The molecule has 3 aromatic rings. The lowest BCUT2D eigenvalue weighted by molar-refractivity contribution is 0.181. The van der Waals surface area contributed by atoms with Crippen LogP contribution in [-0.2, 0) is 13.6 Å². The maximum Gasteiger partial charge on any atom is 0.256 e. The van der Waals surface area contributed by atoms with Gasteiger partial charge in [0.05, 0.1) is 43.5 Å². The van der Waals surface area contributed by atoms with E-state index in [4.69, 9.17) is 14.5 Å². The zero-order chi connectivity index (χ0) is 19.8. The summed E-state index contributed by atoms with van der Waals surface area (Å²) in [4.78, 5) is 11.0. The fraction of sp³-hybridized carbons (Fsp3) is 0.350. The molecule has 4 rings (SSSR count). The van der Waals surface area contributed by atoms with Gasteiger partial charge in [-0.05, 0) is 31.5 Å². The normalized spacial score (nSPS) is 15.6. The number of aliphatic hydroxyl groups excluding tert-OH is 1. The van der Waals surface area contributed by atoms with Crippen molar-refractivity contribution in [1.29, 1.82) is 0 Å². The smallest absolute Gasteiger partial charge is 0.256 e. The summed E-state index contributed by atoms with van der Waals surface area (Å²) < 4.78 is 12.6. The van der Waals surface area contributed by atoms with Crippen LogP contribution in [0.25, 0.3) is 11.3 Å². The average Bonchev–Trinajstić information content (AvgIpc) is 3.25. The van der Waals surface area contributed by atoms with E-state index < -0.39 is 6.23 Å². The first-order valence-electron chi connectivity index (χ1n) is 9.12. The van der Waals surface area contributed by atoms with Crippen LogP contribution < -0.4 is 14.4 Å². The fourth-order valence-corrected chi connectivity index (χ4v) is 3.55. The highest BCUT2D eigenvalue weighted by Crippen LogP contribution is 2.38. The Morgan fingerprint density at radius 3 is 2.79 bits per heavy atom. The van der Waals surface area contributed by atoms with E-state index in [0.717, 1.165) is 33.8 Å². The Hall–Kier alpha value is -3.13. The summed E-state index contributed by atoms with van der Waals surface area (Å²) in [5.74, 6) is 1.03. The van der Waals surface area contributed by atoms with E-state index in [0.29, 0.717) is 24.8 Å². The number of methoxy groups -OCH3 is 1. The summed E-state index contributed by atoms with van der Waals surface area (Å²) in [6.45, 7) is 4.93. The molecule has 0 aliphatic carbocycles. The second-order valence-electron chi connectivity index (χ2n) is 6.72. The van der Waals surface area contributed by atoms with Gasteiger partial charge in [-0.15, -0.1) is 0 Å². The Morgan fingerprint density at radius 1 is 1.29 bits per heavy atom. The predicted molar refractivity (Wildman–Crippen MR) is 104 cm³/mol. The van der Waals surface area contributed by atoms with Crippen LogP contribution in [0.3, 0.4) is 0 Å². The standard InChI is InChI=1S/C20H23N5O3/c1-5-28-17-7-13(8-21-19(17)27-4)15-6-12(2)18-16(23-15)11-25(20(18)26)14-9-22-24(3)10-14/h6-10,20,26H,5,11H2,1-4H3. The monoisotopic (exact) mass is 381 g/mol. The van der Waals surface area contributed by atoms with Crippen molar-refractivity contribution in [3.05, 3.63) is 47.5 Å². The van der Waals surface area contributed by atoms with Gasteiger partial charge < -0.3 is 19.5 Å².